The smallest absolute Gasteiger partial charge is 0.457 e. The molecule has 0 aliphatic rings. The molecular formula is C27H56NO7P. The summed E-state index contributed by atoms with van der Waals surface area (Å²) in [4.78, 5) is 22.1. The maximum atomic E-state index is 12.3. The summed E-state index contributed by atoms with van der Waals surface area (Å²) in [6, 6.07) is 0. The van der Waals surface area contributed by atoms with Gasteiger partial charge in [0, 0.05) is 19.6 Å². The number of esters is 1. The molecule has 9 heteroatoms. The number of phosphoric ester groups is 1. The summed E-state index contributed by atoms with van der Waals surface area (Å²) < 4.78 is 32.9. The van der Waals surface area contributed by atoms with Crippen LogP contribution in [0, 0.1) is 0 Å². The molecular weight excluding hydrogens is 481 g/mol. The molecule has 0 rings (SSSR count). The van der Waals surface area contributed by atoms with E-state index in [4.69, 9.17) is 24.3 Å². The molecule has 0 heterocycles. The van der Waals surface area contributed by atoms with Gasteiger partial charge >= 0.3 is 13.8 Å². The third kappa shape index (κ3) is 25.2. The van der Waals surface area contributed by atoms with Crippen molar-refractivity contribution in [2.24, 2.45) is 5.73 Å². The number of nitrogens with two attached hydrogens (primary N) is 1. The zero-order valence-corrected chi connectivity index (χ0v) is 24.2. The summed E-state index contributed by atoms with van der Waals surface area (Å²) in [6.45, 7) is 4.85. The van der Waals surface area contributed by atoms with Crippen LogP contribution in [-0.2, 0) is 27.9 Å². The molecule has 36 heavy (non-hydrogen) atoms. The first-order valence-electron chi connectivity index (χ1n) is 14.5. The SMILES string of the molecule is CCCCCCCCCCCCCC(=O)OC(COCCCCCCCC)COP(=O)(O)OCCN. The van der Waals surface area contributed by atoms with Crippen LogP contribution in [0.2, 0.25) is 0 Å². The van der Waals surface area contributed by atoms with Crippen LogP contribution in [0.25, 0.3) is 0 Å². The molecule has 0 aromatic rings. The third-order valence-electron chi connectivity index (χ3n) is 6.02. The van der Waals surface area contributed by atoms with Gasteiger partial charge in [0.1, 0.15) is 6.10 Å². The summed E-state index contributed by atoms with van der Waals surface area (Å²) in [7, 11) is -4.24. The molecule has 0 fully saturated rings. The van der Waals surface area contributed by atoms with Gasteiger partial charge in [-0.1, -0.05) is 110 Å². The van der Waals surface area contributed by atoms with E-state index in [0.29, 0.717) is 13.0 Å². The Morgan fingerprint density at radius 2 is 1.22 bits per heavy atom. The van der Waals surface area contributed by atoms with Gasteiger partial charge in [-0.05, 0) is 12.8 Å². The Morgan fingerprint density at radius 3 is 1.75 bits per heavy atom. The second-order valence-corrected chi connectivity index (χ2v) is 11.1. The largest absolute Gasteiger partial charge is 0.472 e. The predicted molar refractivity (Wildman–Crippen MR) is 146 cm³/mol. The zero-order valence-electron chi connectivity index (χ0n) is 23.3. The zero-order chi connectivity index (χ0) is 26.7. The van der Waals surface area contributed by atoms with Crippen molar-refractivity contribution in [3.8, 4) is 0 Å². The van der Waals surface area contributed by atoms with Crippen molar-refractivity contribution in [2.75, 3.05) is 33.0 Å². The molecule has 216 valence electrons. The monoisotopic (exact) mass is 537 g/mol. The van der Waals surface area contributed by atoms with Crippen LogP contribution in [0.3, 0.4) is 0 Å². The Hall–Kier alpha value is -0.500. The second-order valence-electron chi connectivity index (χ2n) is 9.63. The van der Waals surface area contributed by atoms with Crippen molar-refractivity contribution in [3.63, 3.8) is 0 Å². The average molecular weight is 538 g/mol. The van der Waals surface area contributed by atoms with Crippen molar-refractivity contribution in [1.82, 2.24) is 0 Å². The molecule has 0 aromatic heterocycles. The lowest BCUT2D eigenvalue weighted by Crippen LogP contribution is -2.28. The molecule has 0 amide bonds. The highest BCUT2D eigenvalue weighted by atomic mass is 31.2. The highest BCUT2D eigenvalue weighted by Gasteiger charge is 2.25. The molecule has 0 aliphatic heterocycles. The quantitative estimate of drug-likeness (QED) is 0.0618. The van der Waals surface area contributed by atoms with Gasteiger partial charge in [-0.2, -0.15) is 0 Å². The number of carbonyl (C=O) groups excluding carboxylic acids is 1. The summed E-state index contributed by atoms with van der Waals surface area (Å²) in [6.07, 6.45) is 19.8. The van der Waals surface area contributed by atoms with Gasteiger partial charge < -0.3 is 20.1 Å². The second kappa shape index (κ2) is 26.1. The van der Waals surface area contributed by atoms with Crippen molar-refractivity contribution >= 4 is 13.8 Å². The van der Waals surface area contributed by atoms with Crippen LogP contribution in [-0.4, -0.2) is 49.9 Å². The normalized spacial score (nSPS) is 14.0. The lowest BCUT2D eigenvalue weighted by atomic mass is 10.1. The van der Waals surface area contributed by atoms with Gasteiger partial charge in [-0.3, -0.25) is 13.8 Å². The van der Waals surface area contributed by atoms with Gasteiger partial charge in [-0.25, -0.2) is 4.57 Å². The van der Waals surface area contributed by atoms with Crippen molar-refractivity contribution in [1.29, 1.82) is 0 Å². The fraction of sp³-hybridized carbons (Fsp3) is 0.963. The van der Waals surface area contributed by atoms with Gasteiger partial charge in [-0.15, -0.1) is 0 Å². The highest BCUT2D eigenvalue weighted by molar-refractivity contribution is 7.47. The number of phosphoric acid groups is 1. The molecule has 0 radical (unpaired) electrons. The molecule has 0 bridgehead atoms. The van der Waals surface area contributed by atoms with E-state index in [1.54, 1.807) is 0 Å². The maximum absolute atomic E-state index is 12.3. The van der Waals surface area contributed by atoms with Crippen LogP contribution >= 0.6 is 7.82 Å². The number of hydrogen-bond acceptors (Lipinski definition) is 7. The van der Waals surface area contributed by atoms with Crippen LogP contribution in [0.15, 0.2) is 0 Å². The van der Waals surface area contributed by atoms with Crippen LogP contribution in [0.5, 0.6) is 0 Å². The van der Waals surface area contributed by atoms with E-state index in [2.05, 4.69) is 13.8 Å². The number of rotatable bonds is 28. The first-order chi connectivity index (χ1) is 17.4. The average Bonchev–Trinajstić information content (AvgIpc) is 2.86. The highest BCUT2D eigenvalue weighted by Crippen LogP contribution is 2.43. The Bertz CT molecular complexity index is 536. The fourth-order valence-electron chi connectivity index (χ4n) is 3.88. The van der Waals surface area contributed by atoms with E-state index in [1.807, 2.05) is 0 Å². The molecule has 3 N–H and O–H groups in total. The van der Waals surface area contributed by atoms with E-state index >= 15 is 0 Å². The molecule has 8 nitrogen and oxygen atoms in total. The van der Waals surface area contributed by atoms with Crippen molar-refractivity contribution in [2.45, 2.75) is 136 Å². The maximum Gasteiger partial charge on any atom is 0.472 e. The van der Waals surface area contributed by atoms with E-state index in [0.717, 1.165) is 32.1 Å². The number of carbonyl (C=O) groups is 1. The topological polar surface area (TPSA) is 117 Å². The minimum Gasteiger partial charge on any atom is -0.457 e. The number of hydrogen-bond donors (Lipinski definition) is 2. The molecule has 0 aromatic carbocycles. The minimum absolute atomic E-state index is 0.0916. The van der Waals surface area contributed by atoms with E-state index in [-0.39, 0.29) is 32.3 Å². The molecule has 0 aliphatic carbocycles. The Labute approximate surface area is 221 Å². The molecule has 0 saturated heterocycles. The van der Waals surface area contributed by atoms with Gasteiger partial charge in [0.05, 0.1) is 19.8 Å². The van der Waals surface area contributed by atoms with Crippen molar-refractivity contribution in [3.05, 3.63) is 0 Å². The fourth-order valence-corrected chi connectivity index (χ4v) is 4.64. The standard InChI is InChI=1S/C27H56NO7P/c1-3-5-7-9-11-12-13-14-15-16-18-20-27(29)35-26(25-34-36(30,31)33-23-21-28)24-32-22-19-17-10-8-6-4-2/h26H,3-25,28H2,1-2H3,(H,30,31). The number of ether oxygens (including phenoxy) is 2. The van der Waals surface area contributed by atoms with E-state index in [1.165, 1.54) is 77.0 Å². The summed E-state index contributed by atoms with van der Waals surface area (Å²) >= 11 is 0. The van der Waals surface area contributed by atoms with Crippen molar-refractivity contribution < 1.29 is 32.8 Å². The van der Waals surface area contributed by atoms with Crippen LogP contribution in [0.4, 0.5) is 0 Å². The first kappa shape index (κ1) is 35.5. The van der Waals surface area contributed by atoms with E-state index in [9.17, 15) is 14.3 Å². The van der Waals surface area contributed by atoms with Crippen LogP contribution < -0.4 is 5.73 Å². The molecule has 0 saturated carbocycles. The Kier molecular flexibility index (Phi) is 25.8. The van der Waals surface area contributed by atoms with Crippen LogP contribution in [0.1, 0.15) is 129 Å². The van der Waals surface area contributed by atoms with E-state index < -0.39 is 13.9 Å². The predicted octanol–water partition coefficient (Wildman–Crippen LogP) is 7.07. The lowest BCUT2D eigenvalue weighted by molar-refractivity contribution is -0.154. The van der Waals surface area contributed by atoms with Gasteiger partial charge in [0.2, 0.25) is 0 Å². The summed E-state index contributed by atoms with van der Waals surface area (Å²) in [5.41, 5.74) is 5.30. The van der Waals surface area contributed by atoms with Gasteiger partial charge in [0.25, 0.3) is 0 Å². The third-order valence-corrected chi connectivity index (χ3v) is 7.01. The molecule has 2 atom stereocenters. The molecule has 0 spiro atoms. The molecule has 2 unspecified atom stereocenters. The van der Waals surface area contributed by atoms with Gasteiger partial charge in [0.15, 0.2) is 0 Å². The Morgan fingerprint density at radius 1 is 0.722 bits per heavy atom. The number of unbranched alkanes of at least 4 members (excludes halogenated alkanes) is 15. The Balaban J connectivity index is 4.16. The summed E-state index contributed by atoms with van der Waals surface area (Å²) in [5, 5.41) is 0. The lowest BCUT2D eigenvalue weighted by Gasteiger charge is -2.20. The first-order valence-corrected chi connectivity index (χ1v) is 16.0. The summed E-state index contributed by atoms with van der Waals surface area (Å²) in [5.74, 6) is -0.335. The minimum atomic E-state index is -4.24.